The number of amides is 2. The van der Waals surface area contributed by atoms with Crippen LogP contribution in [0.25, 0.3) is 5.57 Å². The number of piperidine rings is 1. The highest BCUT2D eigenvalue weighted by molar-refractivity contribution is 6.45. The molecule has 1 fully saturated rings. The zero-order chi connectivity index (χ0) is 19.7. The summed E-state index contributed by atoms with van der Waals surface area (Å²) in [5.41, 5.74) is 1.49. The van der Waals surface area contributed by atoms with Gasteiger partial charge in [0.05, 0.1) is 18.4 Å². The second kappa shape index (κ2) is 7.46. The van der Waals surface area contributed by atoms with E-state index in [9.17, 15) is 14.0 Å². The monoisotopic (exact) mass is 380 g/mol. The number of ether oxygens (including phenoxy) is 1. The third kappa shape index (κ3) is 3.05. The molecule has 0 N–H and O–H groups in total. The van der Waals surface area contributed by atoms with Gasteiger partial charge in [0.25, 0.3) is 11.8 Å². The first-order valence-corrected chi connectivity index (χ1v) is 9.39. The summed E-state index contributed by atoms with van der Waals surface area (Å²) in [5, 5.41) is 0. The van der Waals surface area contributed by atoms with Gasteiger partial charge in [-0.3, -0.25) is 9.59 Å². The number of carbonyl (C=O) groups is 2. The molecule has 0 spiro atoms. The molecule has 0 bridgehead atoms. The maximum atomic E-state index is 13.8. The Hall–Kier alpha value is -3.15. The fourth-order valence-electron chi connectivity index (χ4n) is 3.87. The van der Waals surface area contributed by atoms with Gasteiger partial charge >= 0.3 is 0 Å². The molecule has 2 aromatic carbocycles. The van der Waals surface area contributed by atoms with Crippen LogP contribution in [0.3, 0.4) is 0 Å². The van der Waals surface area contributed by atoms with E-state index in [1.807, 2.05) is 11.0 Å². The average molecular weight is 380 g/mol. The molecule has 4 rings (SSSR count). The number of methoxy groups -OCH3 is 1. The number of rotatable bonds is 4. The molecule has 0 aromatic heterocycles. The van der Waals surface area contributed by atoms with Crippen LogP contribution in [0, 0.1) is 5.82 Å². The molecule has 2 heterocycles. The first-order chi connectivity index (χ1) is 13.6. The van der Waals surface area contributed by atoms with Crippen molar-refractivity contribution in [3.05, 3.63) is 65.6 Å². The summed E-state index contributed by atoms with van der Waals surface area (Å²) in [5.74, 6) is -0.850. The highest BCUT2D eigenvalue weighted by atomic mass is 19.1. The maximum Gasteiger partial charge on any atom is 0.282 e. The predicted octanol–water partition coefficient (Wildman–Crippen LogP) is 3.60. The number of anilines is 1. The Morgan fingerprint density at radius 3 is 2.39 bits per heavy atom. The summed E-state index contributed by atoms with van der Waals surface area (Å²) in [6, 6.07) is 12.7. The second-order valence-electron chi connectivity index (χ2n) is 6.90. The van der Waals surface area contributed by atoms with Crippen molar-refractivity contribution in [1.82, 2.24) is 4.90 Å². The molecule has 2 aromatic rings. The van der Waals surface area contributed by atoms with Crippen molar-refractivity contribution in [1.29, 1.82) is 0 Å². The minimum absolute atomic E-state index is 0.231. The first kappa shape index (κ1) is 18.2. The van der Waals surface area contributed by atoms with Gasteiger partial charge in [-0.05, 0) is 43.5 Å². The van der Waals surface area contributed by atoms with Crippen LogP contribution in [0.2, 0.25) is 0 Å². The SMILES string of the molecule is COc1ccccc1C1=C(N2CCCCC2)C(=O)N(c2cccc(F)c2)C1=O. The topological polar surface area (TPSA) is 49.9 Å². The van der Waals surface area contributed by atoms with E-state index in [2.05, 4.69) is 0 Å². The van der Waals surface area contributed by atoms with Crippen LogP contribution < -0.4 is 9.64 Å². The quantitative estimate of drug-likeness (QED) is 0.761. The summed E-state index contributed by atoms with van der Waals surface area (Å²) in [4.78, 5) is 29.8. The van der Waals surface area contributed by atoms with Gasteiger partial charge in [0.2, 0.25) is 0 Å². The molecular weight excluding hydrogens is 359 g/mol. The smallest absolute Gasteiger partial charge is 0.282 e. The van der Waals surface area contributed by atoms with Crippen molar-refractivity contribution in [2.24, 2.45) is 0 Å². The normalized spacial score (nSPS) is 17.5. The van der Waals surface area contributed by atoms with Gasteiger partial charge in [0.15, 0.2) is 0 Å². The van der Waals surface area contributed by atoms with E-state index >= 15 is 0 Å². The highest BCUT2D eigenvalue weighted by Gasteiger charge is 2.43. The van der Waals surface area contributed by atoms with Crippen LogP contribution >= 0.6 is 0 Å². The number of benzene rings is 2. The Bertz CT molecular complexity index is 964. The largest absolute Gasteiger partial charge is 0.496 e. The van der Waals surface area contributed by atoms with Gasteiger partial charge in [-0.25, -0.2) is 9.29 Å². The number of hydrogen-bond acceptors (Lipinski definition) is 4. The van der Waals surface area contributed by atoms with Crippen molar-refractivity contribution >= 4 is 23.1 Å². The molecule has 28 heavy (non-hydrogen) atoms. The van der Waals surface area contributed by atoms with E-state index < -0.39 is 17.6 Å². The standard InChI is InChI=1S/C22H21FN2O3/c1-28-18-11-4-3-10-17(18)19-20(24-12-5-2-6-13-24)22(27)25(21(19)26)16-9-7-8-15(23)14-16/h3-4,7-11,14H,2,5-6,12-13H2,1H3. The maximum absolute atomic E-state index is 13.8. The number of para-hydroxylation sites is 1. The molecule has 144 valence electrons. The number of hydrogen-bond donors (Lipinski definition) is 0. The van der Waals surface area contributed by atoms with Crippen LogP contribution in [0.15, 0.2) is 54.2 Å². The Balaban J connectivity index is 1.87. The third-order valence-electron chi connectivity index (χ3n) is 5.17. The fraction of sp³-hybridized carbons (Fsp3) is 0.273. The lowest BCUT2D eigenvalue weighted by atomic mass is 10.0. The molecule has 5 nitrogen and oxygen atoms in total. The average Bonchev–Trinajstić information content (AvgIpc) is 2.98. The van der Waals surface area contributed by atoms with Gasteiger partial charge in [-0.1, -0.05) is 24.3 Å². The van der Waals surface area contributed by atoms with E-state index in [-0.39, 0.29) is 5.69 Å². The summed E-state index contributed by atoms with van der Waals surface area (Å²) in [6.07, 6.45) is 3.03. The Kier molecular flexibility index (Phi) is 4.86. The minimum Gasteiger partial charge on any atom is -0.496 e. The molecule has 2 amide bonds. The molecule has 1 saturated heterocycles. The fourth-order valence-corrected chi connectivity index (χ4v) is 3.87. The first-order valence-electron chi connectivity index (χ1n) is 9.39. The van der Waals surface area contributed by atoms with Crippen LogP contribution in [0.4, 0.5) is 10.1 Å². The summed E-state index contributed by atoms with van der Waals surface area (Å²) in [7, 11) is 1.53. The van der Waals surface area contributed by atoms with E-state index in [0.717, 1.165) is 24.2 Å². The third-order valence-corrected chi connectivity index (χ3v) is 5.17. The number of carbonyl (C=O) groups excluding carboxylic acids is 2. The summed E-state index contributed by atoms with van der Waals surface area (Å²) >= 11 is 0. The molecular formula is C22H21FN2O3. The van der Waals surface area contributed by atoms with Crippen molar-refractivity contribution in [2.45, 2.75) is 19.3 Å². The van der Waals surface area contributed by atoms with E-state index in [4.69, 9.17) is 4.74 Å². The van der Waals surface area contributed by atoms with E-state index in [1.54, 1.807) is 24.3 Å². The van der Waals surface area contributed by atoms with Crippen LogP contribution in [0.5, 0.6) is 5.75 Å². The molecule has 0 aliphatic carbocycles. The van der Waals surface area contributed by atoms with Crippen molar-refractivity contribution in [2.75, 3.05) is 25.1 Å². The highest BCUT2D eigenvalue weighted by Crippen LogP contribution is 2.39. The van der Waals surface area contributed by atoms with Gasteiger partial charge in [0.1, 0.15) is 17.3 Å². The number of nitrogens with zero attached hydrogens (tertiary/aromatic N) is 2. The predicted molar refractivity (Wildman–Crippen MR) is 104 cm³/mol. The second-order valence-corrected chi connectivity index (χ2v) is 6.90. The Morgan fingerprint density at radius 2 is 1.68 bits per heavy atom. The molecule has 2 aliphatic heterocycles. The molecule has 0 saturated carbocycles. The number of likely N-dealkylation sites (tertiary alicyclic amines) is 1. The van der Waals surface area contributed by atoms with E-state index in [1.165, 1.54) is 25.3 Å². The van der Waals surface area contributed by atoms with Gasteiger partial charge in [-0.2, -0.15) is 0 Å². The Morgan fingerprint density at radius 1 is 0.929 bits per heavy atom. The van der Waals surface area contributed by atoms with E-state index in [0.29, 0.717) is 35.7 Å². The molecule has 0 unspecified atom stereocenters. The van der Waals surface area contributed by atoms with Gasteiger partial charge in [-0.15, -0.1) is 0 Å². The van der Waals surface area contributed by atoms with Gasteiger partial charge in [0, 0.05) is 18.7 Å². The lowest BCUT2D eigenvalue weighted by molar-refractivity contribution is -0.120. The molecule has 0 radical (unpaired) electrons. The number of halogens is 1. The van der Waals surface area contributed by atoms with Gasteiger partial charge < -0.3 is 9.64 Å². The van der Waals surface area contributed by atoms with Crippen molar-refractivity contribution in [3.63, 3.8) is 0 Å². The summed E-state index contributed by atoms with van der Waals surface area (Å²) < 4.78 is 19.2. The van der Waals surface area contributed by atoms with Crippen LogP contribution in [0.1, 0.15) is 24.8 Å². The number of imide groups is 1. The Labute approximate surface area is 163 Å². The van der Waals surface area contributed by atoms with Crippen molar-refractivity contribution in [3.8, 4) is 5.75 Å². The zero-order valence-electron chi connectivity index (χ0n) is 15.7. The lowest BCUT2D eigenvalue weighted by Crippen LogP contribution is -2.37. The molecule has 6 heteroatoms. The van der Waals surface area contributed by atoms with Crippen molar-refractivity contribution < 1.29 is 18.7 Å². The lowest BCUT2D eigenvalue weighted by Gasteiger charge is -2.29. The summed E-state index contributed by atoms with van der Waals surface area (Å²) in [6.45, 7) is 1.42. The van der Waals surface area contributed by atoms with Crippen LogP contribution in [-0.4, -0.2) is 36.9 Å². The minimum atomic E-state index is -0.497. The molecule has 0 atom stereocenters. The zero-order valence-corrected chi connectivity index (χ0v) is 15.7. The van der Waals surface area contributed by atoms with Crippen LogP contribution in [-0.2, 0) is 9.59 Å². The molecule has 2 aliphatic rings.